The molecule has 3 atom stereocenters. The first-order valence-corrected chi connectivity index (χ1v) is 31.7. The third-order valence-corrected chi connectivity index (χ3v) is 14.6. The predicted octanol–water partition coefficient (Wildman–Crippen LogP) is 18.2. The van der Waals surface area contributed by atoms with Crippen molar-refractivity contribution in [1.29, 1.82) is 0 Å². The fourth-order valence-corrected chi connectivity index (χ4v) is 9.67. The number of amides is 1. The van der Waals surface area contributed by atoms with E-state index in [1.165, 1.54) is 205 Å². The molecule has 0 aromatic carbocycles. The Balaban J connectivity index is 5.31. The van der Waals surface area contributed by atoms with E-state index in [1.54, 1.807) is 0 Å². The van der Waals surface area contributed by atoms with Gasteiger partial charge in [0.15, 0.2) is 0 Å². The molecule has 0 aliphatic rings. The molecular formula is C60H118N2O7P+. The van der Waals surface area contributed by atoms with Gasteiger partial charge in [-0.25, -0.2) is 4.57 Å². The number of phosphoric ester groups is 1. The molecule has 9 nitrogen and oxygen atoms in total. The van der Waals surface area contributed by atoms with Gasteiger partial charge in [0.05, 0.1) is 33.8 Å². The van der Waals surface area contributed by atoms with Gasteiger partial charge in [-0.15, -0.1) is 0 Å². The lowest BCUT2D eigenvalue weighted by molar-refractivity contribution is -0.870. The van der Waals surface area contributed by atoms with Gasteiger partial charge in [0.25, 0.3) is 0 Å². The first-order valence-electron chi connectivity index (χ1n) is 30.2. The third kappa shape index (κ3) is 51.4. The summed E-state index contributed by atoms with van der Waals surface area (Å²) in [5.74, 6) is -0.495. The second kappa shape index (κ2) is 51.0. The molecular weight excluding hydrogens is 892 g/mol. The topological polar surface area (TPSA) is 111 Å². The van der Waals surface area contributed by atoms with Gasteiger partial charge < -0.3 is 19.4 Å². The molecule has 0 saturated heterocycles. The van der Waals surface area contributed by atoms with E-state index < -0.39 is 20.0 Å². The lowest BCUT2D eigenvalue weighted by Crippen LogP contribution is -2.47. The van der Waals surface area contributed by atoms with Crippen molar-refractivity contribution in [3.8, 4) is 0 Å². The van der Waals surface area contributed by atoms with E-state index in [2.05, 4.69) is 38.2 Å². The molecule has 2 N–H and O–H groups in total. The molecule has 0 radical (unpaired) electrons. The first-order chi connectivity index (χ1) is 33.9. The fraction of sp³-hybridized carbons (Fsp3) is 0.900. The highest BCUT2D eigenvalue weighted by Gasteiger charge is 2.30. The van der Waals surface area contributed by atoms with Crippen molar-refractivity contribution in [2.24, 2.45) is 0 Å². The number of esters is 1. The molecule has 0 aliphatic heterocycles. The van der Waals surface area contributed by atoms with E-state index in [0.717, 1.165) is 57.8 Å². The van der Waals surface area contributed by atoms with Crippen LogP contribution in [0.5, 0.6) is 0 Å². The number of phosphoric acid groups is 1. The van der Waals surface area contributed by atoms with Gasteiger partial charge in [-0.3, -0.25) is 18.6 Å². The average molecular weight is 1010 g/mol. The summed E-state index contributed by atoms with van der Waals surface area (Å²) < 4.78 is 30.7. The number of nitrogens with one attached hydrogen (secondary N) is 1. The molecule has 1 amide bonds. The number of quaternary nitrogens is 1. The van der Waals surface area contributed by atoms with Gasteiger partial charge in [0.1, 0.15) is 19.3 Å². The molecule has 0 aromatic rings. The zero-order valence-corrected chi connectivity index (χ0v) is 48.2. The Labute approximate surface area is 434 Å². The summed E-state index contributed by atoms with van der Waals surface area (Å²) in [6, 6.07) is -0.844. The summed E-state index contributed by atoms with van der Waals surface area (Å²) in [5, 5.41) is 3.06. The lowest BCUT2D eigenvalue weighted by Gasteiger charge is -2.27. The van der Waals surface area contributed by atoms with Crippen LogP contribution in [0.15, 0.2) is 24.3 Å². The highest BCUT2D eigenvalue weighted by Crippen LogP contribution is 2.43. The summed E-state index contributed by atoms with van der Waals surface area (Å²) >= 11 is 0. The Morgan fingerprint density at radius 3 is 1.21 bits per heavy atom. The number of hydrogen-bond donors (Lipinski definition) is 2. The van der Waals surface area contributed by atoms with Crippen LogP contribution in [0.2, 0.25) is 0 Å². The number of carbonyl (C=O) groups excluding carboxylic acids is 2. The van der Waals surface area contributed by atoms with Gasteiger partial charge in [0.2, 0.25) is 5.91 Å². The van der Waals surface area contributed by atoms with Crippen molar-refractivity contribution in [1.82, 2.24) is 5.32 Å². The van der Waals surface area contributed by atoms with Gasteiger partial charge in [-0.05, 0) is 57.4 Å². The Bertz CT molecular complexity index is 1250. The van der Waals surface area contributed by atoms with E-state index >= 15 is 0 Å². The standard InChI is InChI=1S/C60H117N2O7P/c1-7-10-13-16-19-22-25-28-30-31-32-34-37-40-43-46-49-52-59(63)61-57(56-68-70(65,66)67-55-54-62(4,5)6)58(51-48-45-42-39-36-33-27-24-21-18-15-12-9-3)69-60(64)53-50-47-44-41-38-35-29-26-23-20-17-14-11-8-2/h28,30,48,51,57-58H,7-27,29,31-47,49-50,52-56H2,1-6H3,(H-,61,63,65,66)/p+1/b30-28+,51-48+. The smallest absolute Gasteiger partial charge is 0.456 e. The molecule has 0 aromatic heterocycles. The summed E-state index contributed by atoms with van der Waals surface area (Å²) in [6.07, 6.45) is 58.7. The van der Waals surface area contributed by atoms with Crippen LogP contribution in [-0.4, -0.2) is 74.3 Å². The van der Waals surface area contributed by atoms with Crippen molar-refractivity contribution >= 4 is 19.7 Å². The fourth-order valence-electron chi connectivity index (χ4n) is 8.94. The number of hydrogen-bond acceptors (Lipinski definition) is 6. The normalized spacial score (nSPS) is 13.9. The molecule has 0 saturated carbocycles. The quantitative estimate of drug-likeness (QED) is 0.0205. The van der Waals surface area contributed by atoms with Crippen LogP contribution in [0, 0.1) is 0 Å². The Kier molecular flexibility index (Phi) is 49.9. The summed E-state index contributed by atoms with van der Waals surface area (Å²) in [5.41, 5.74) is 0. The maximum absolute atomic E-state index is 13.5. The summed E-state index contributed by atoms with van der Waals surface area (Å²) in [6.45, 7) is 7.04. The highest BCUT2D eigenvalue weighted by molar-refractivity contribution is 7.47. The van der Waals surface area contributed by atoms with Crippen LogP contribution in [0.4, 0.5) is 0 Å². The molecule has 70 heavy (non-hydrogen) atoms. The molecule has 3 unspecified atom stereocenters. The minimum Gasteiger partial charge on any atom is -0.456 e. The second-order valence-corrected chi connectivity index (χ2v) is 23.3. The van der Waals surface area contributed by atoms with E-state index in [4.69, 9.17) is 13.8 Å². The number of rotatable bonds is 55. The molecule has 0 fully saturated rings. The number of ether oxygens (including phenoxy) is 1. The maximum atomic E-state index is 13.5. The van der Waals surface area contributed by atoms with Crippen molar-refractivity contribution in [2.75, 3.05) is 40.9 Å². The van der Waals surface area contributed by atoms with Crippen LogP contribution >= 0.6 is 7.82 Å². The number of carbonyl (C=O) groups is 2. The van der Waals surface area contributed by atoms with E-state index in [9.17, 15) is 19.0 Å². The maximum Gasteiger partial charge on any atom is 0.472 e. The third-order valence-electron chi connectivity index (χ3n) is 13.6. The first kappa shape index (κ1) is 68.5. The predicted molar refractivity (Wildman–Crippen MR) is 300 cm³/mol. The molecule has 0 aliphatic carbocycles. The van der Waals surface area contributed by atoms with Crippen molar-refractivity contribution in [3.05, 3.63) is 24.3 Å². The zero-order valence-electron chi connectivity index (χ0n) is 47.3. The van der Waals surface area contributed by atoms with Gasteiger partial charge in [-0.2, -0.15) is 0 Å². The molecule has 10 heteroatoms. The van der Waals surface area contributed by atoms with Crippen LogP contribution in [0.3, 0.4) is 0 Å². The monoisotopic (exact) mass is 1010 g/mol. The minimum absolute atomic E-state index is 0.0428. The summed E-state index contributed by atoms with van der Waals surface area (Å²) in [7, 11) is 1.51. The largest absolute Gasteiger partial charge is 0.472 e. The zero-order chi connectivity index (χ0) is 51.5. The van der Waals surface area contributed by atoms with E-state index in [0.29, 0.717) is 23.9 Å². The molecule has 0 heterocycles. The van der Waals surface area contributed by atoms with Crippen molar-refractivity contribution < 1.29 is 37.3 Å². The number of likely N-dealkylation sites (N-methyl/N-ethyl adjacent to an activating group) is 1. The lowest BCUT2D eigenvalue weighted by atomic mass is 10.0. The van der Waals surface area contributed by atoms with Gasteiger partial charge >= 0.3 is 13.8 Å². The van der Waals surface area contributed by atoms with Gasteiger partial charge in [-0.1, -0.05) is 251 Å². The molecule has 0 bridgehead atoms. The number of allylic oxidation sites excluding steroid dienone is 3. The van der Waals surface area contributed by atoms with Crippen molar-refractivity contribution in [3.63, 3.8) is 0 Å². The minimum atomic E-state index is -4.44. The SMILES string of the molecule is CCCCCCCC/C=C/CCCCCCCCCC(=O)NC(COP(=O)(O)OCC[N+](C)(C)C)C(/C=C/CCCCCCCCCCCCC)OC(=O)CCCCCCCCCCCCCCCC. The van der Waals surface area contributed by atoms with Gasteiger partial charge in [0, 0.05) is 12.8 Å². The molecule has 0 spiro atoms. The molecule has 414 valence electrons. The van der Waals surface area contributed by atoms with E-state index in [1.807, 2.05) is 33.3 Å². The highest BCUT2D eigenvalue weighted by atomic mass is 31.2. The van der Waals surface area contributed by atoms with Crippen LogP contribution in [0.1, 0.15) is 297 Å². The Morgan fingerprint density at radius 1 is 0.486 bits per heavy atom. The van der Waals surface area contributed by atoms with Crippen LogP contribution < -0.4 is 5.32 Å². The number of unbranched alkanes of at least 4 members (excludes halogenated alkanes) is 37. The molecule has 0 rings (SSSR count). The Morgan fingerprint density at radius 2 is 0.829 bits per heavy atom. The van der Waals surface area contributed by atoms with Crippen LogP contribution in [-0.2, 0) is 27.9 Å². The van der Waals surface area contributed by atoms with Crippen molar-refractivity contribution in [2.45, 2.75) is 309 Å². The Hall–Kier alpha value is -1.51. The second-order valence-electron chi connectivity index (χ2n) is 21.9. The average Bonchev–Trinajstić information content (AvgIpc) is 3.32. The van der Waals surface area contributed by atoms with E-state index in [-0.39, 0.29) is 25.1 Å². The summed E-state index contributed by atoms with van der Waals surface area (Å²) in [4.78, 5) is 37.6. The van der Waals surface area contributed by atoms with Crippen LogP contribution in [0.25, 0.3) is 0 Å². The number of nitrogens with zero attached hydrogens (tertiary/aromatic N) is 1.